The molecule has 0 saturated heterocycles. The average Bonchev–Trinajstić information content (AvgIpc) is 2.72. The van der Waals surface area contributed by atoms with Gasteiger partial charge in [0.15, 0.2) is 0 Å². The first-order chi connectivity index (χ1) is 7.20. The van der Waals surface area contributed by atoms with E-state index >= 15 is 0 Å². The molecule has 0 aliphatic heterocycles. The Bertz CT molecular complexity index is 224. The molecule has 0 aromatic rings. The van der Waals surface area contributed by atoms with E-state index in [1.807, 2.05) is 11.8 Å². The maximum Gasteiger partial charge on any atom is 0.0672 e. The van der Waals surface area contributed by atoms with Crippen LogP contribution < -0.4 is 0 Å². The van der Waals surface area contributed by atoms with Crippen LogP contribution in [0.15, 0.2) is 0 Å². The lowest BCUT2D eigenvalue weighted by molar-refractivity contribution is 0.164. The standard InChI is InChI=1S/C12H22N2S/c1-10(7-8-15-3)14(2)12-6-4-5-11(12)9-13/h10-12H,4-8H2,1-3H3. The minimum absolute atomic E-state index is 0.270. The molecule has 15 heavy (non-hydrogen) atoms. The molecule has 0 aromatic heterocycles. The second-order valence-corrected chi connectivity index (χ2v) is 5.52. The Morgan fingerprint density at radius 2 is 2.27 bits per heavy atom. The van der Waals surface area contributed by atoms with Crippen molar-refractivity contribution in [2.75, 3.05) is 19.1 Å². The number of thioether (sulfide) groups is 1. The van der Waals surface area contributed by atoms with Crippen LogP contribution in [0.1, 0.15) is 32.6 Å². The first-order valence-corrected chi connectivity index (χ1v) is 7.20. The number of nitriles is 1. The number of hydrogen-bond acceptors (Lipinski definition) is 3. The van der Waals surface area contributed by atoms with E-state index in [0.29, 0.717) is 12.1 Å². The Hall–Kier alpha value is -0.200. The van der Waals surface area contributed by atoms with Gasteiger partial charge in [-0.1, -0.05) is 6.42 Å². The molecular formula is C12H22N2S. The number of nitrogens with zero attached hydrogens (tertiary/aromatic N) is 2. The molecule has 0 amide bonds. The second kappa shape index (κ2) is 6.40. The van der Waals surface area contributed by atoms with Crippen LogP contribution in [-0.2, 0) is 0 Å². The molecule has 0 spiro atoms. The van der Waals surface area contributed by atoms with E-state index < -0.39 is 0 Å². The van der Waals surface area contributed by atoms with E-state index in [0.717, 1.165) is 6.42 Å². The van der Waals surface area contributed by atoms with Crippen molar-refractivity contribution in [1.29, 1.82) is 5.26 Å². The summed E-state index contributed by atoms with van der Waals surface area (Å²) in [4.78, 5) is 2.43. The SMILES string of the molecule is CSCCC(C)N(C)C1CCCC1C#N. The van der Waals surface area contributed by atoms with Gasteiger partial charge in [-0.3, -0.25) is 4.90 Å². The normalized spacial score (nSPS) is 27.9. The molecule has 0 aromatic carbocycles. The topological polar surface area (TPSA) is 27.0 Å². The molecule has 1 saturated carbocycles. The Kier molecular flexibility index (Phi) is 5.49. The molecule has 1 aliphatic rings. The van der Waals surface area contributed by atoms with Crippen molar-refractivity contribution in [2.24, 2.45) is 5.92 Å². The van der Waals surface area contributed by atoms with E-state index in [2.05, 4.69) is 31.2 Å². The third-order valence-electron chi connectivity index (χ3n) is 3.60. The lowest BCUT2D eigenvalue weighted by atomic mass is 10.0. The van der Waals surface area contributed by atoms with Gasteiger partial charge < -0.3 is 0 Å². The first-order valence-electron chi connectivity index (χ1n) is 5.81. The summed E-state index contributed by atoms with van der Waals surface area (Å²) < 4.78 is 0. The molecule has 2 nitrogen and oxygen atoms in total. The lowest BCUT2D eigenvalue weighted by Crippen LogP contribution is -2.40. The predicted octanol–water partition coefficient (Wildman–Crippen LogP) is 2.75. The van der Waals surface area contributed by atoms with Gasteiger partial charge in [-0.2, -0.15) is 17.0 Å². The highest BCUT2D eigenvalue weighted by Crippen LogP contribution is 2.30. The van der Waals surface area contributed by atoms with Gasteiger partial charge in [0, 0.05) is 12.1 Å². The molecule has 1 rings (SSSR count). The van der Waals surface area contributed by atoms with Crippen molar-refractivity contribution in [3.05, 3.63) is 0 Å². The summed E-state index contributed by atoms with van der Waals surface area (Å²) in [6.45, 7) is 2.28. The first kappa shape index (κ1) is 12.9. The lowest BCUT2D eigenvalue weighted by Gasteiger charge is -2.32. The van der Waals surface area contributed by atoms with Crippen molar-refractivity contribution in [3.63, 3.8) is 0 Å². The van der Waals surface area contributed by atoms with Gasteiger partial charge in [-0.05, 0) is 45.2 Å². The van der Waals surface area contributed by atoms with Gasteiger partial charge >= 0.3 is 0 Å². The Labute approximate surface area is 98.0 Å². The highest BCUT2D eigenvalue weighted by atomic mass is 32.2. The molecule has 0 heterocycles. The van der Waals surface area contributed by atoms with Gasteiger partial charge in [0.2, 0.25) is 0 Å². The summed E-state index contributed by atoms with van der Waals surface area (Å²) in [5, 5.41) is 9.06. The molecule has 1 aliphatic carbocycles. The second-order valence-electron chi connectivity index (χ2n) is 4.53. The van der Waals surface area contributed by atoms with Gasteiger partial charge in [0.1, 0.15) is 0 Å². The van der Waals surface area contributed by atoms with Crippen LogP contribution in [0.2, 0.25) is 0 Å². The molecule has 3 atom stereocenters. The summed E-state index contributed by atoms with van der Waals surface area (Å²) >= 11 is 1.90. The van der Waals surface area contributed by atoms with Crippen molar-refractivity contribution in [1.82, 2.24) is 4.90 Å². The summed E-state index contributed by atoms with van der Waals surface area (Å²) in [5.74, 6) is 1.49. The molecule has 86 valence electrons. The molecule has 0 N–H and O–H groups in total. The maximum absolute atomic E-state index is 9.06. The quantitative estimate of drug-likeness (QED) is 0.721. The van der Waals surface area contributed by atoms with E-state index in [9.17, 15) is 0 Å². The van der Waals surface area contributed by atoms with E-state index in [4.69, 9.17) is 5.26 Å². The monoisotopic (exact) mass is 226 g/mol. The molecule has 3 unspecified atom stereocenters. The third kappa shape index (κ3) is 3.39. The third-order valence-corrected chi connectivity index (χ3v) is 4.25. The fourth-order valence-corrected chi connectivity index (χ4v) is 2.97. The van der Waals surface area contributed by atoms with Gasteiger partial charge in [-0.25, -0.2) is 0 Å². The Morgan fingerprint density at radius 1 is 1.53 bits per heavy atom. The number of hydrogen-bond donors (Lipinski definition) is 0. The zero-order valence-electron chi connectivity index (χ0n) is 10.1. The van der Waals surface area contributed by atoms with Crippen LogP contribution in [0.4, 0.5) is 0 Å². The number of rotatable bonds is 5. The summed E-state index contributed by atoms with van der Waals surface area (Å²) in [6.07, 6.45) is 6.91. The highest BCUT2D eigenvalue weighted by molar-refractivity contribution is 7.98. The fourth-order valence-electron chi connectivity index (χ4n) is 2.40. The largest absolute Gasteiger partial charge is 0.299 e. The van der Waals surface area contributed by atoms with Crippen LogP contribution in [0, 0.1) is 17.2 Å². The van der Waals surface area contributed by atoms with E-state index in [1.165, 1.54) is 25.0 Å². The minimum Gasteiger partial charge on any atom is -0.299 e. The van der Waals surface area contributed by atoms with Crippen LogP contribution in [0.3, 0.4) is 0 Å². The fraction of sp³-hybridized carbons (Fsp3) is 0.917. The zero-order valence-corrected chi connectivity index (χ0v) is 10.9. The van der Waals surface area contributed by atoms with Crippen LogP contribution in [0.5, 0.6) is 0 Å². The van der Waals surface area contributed by atoms with E-state index in [-0.39, 0.29) is 5.92 Å². The van der Waals surface area contributed by atoms with Crippen LogP contribution >= 0.6 is 11.8 Å². The van der Waals surface area contributed by atoms with Crippen LogP contribution in [0.25, 0.3) is 0 Å². The predicted molar refractivity (Wildman–Crippen MR) is 67.0 cm³/mol. The minimum atomic E-state index is 0.270. The summed E-state index contributed by atoms with van der Waals surface area (Å²) in [7, 11) is 2.19. The zero-order chi connectivity index (χ0) is 11.3. The van der Waals surface area contributed by atoms with Gasteiger partial charge in [-0.15, -0.1) is 0 Å². The molecule has 1 fully saturated rings. The highest BCUT2D eigenvalue weighted by Gasteiger charge is 2.31. The van der Waals surface area contributed by atoms with Gasteiger partial charge in [0.25, 0.3) is 0 Å². The average molecular weight is 226 g/mol. The van der Waals surface area contributed by atoms with Crippen LogP contribution in [-0.4, -0.2) is 36.0 Å². The molecular weight excluding hydrogens is 204 g/mol. The van der Waals surface area contributed by atoms with Crippen molar-refractivity contribution < 1.29 is 0 Å². The Balaban J connectivity index is 2.44. The van der Waals surface area contributed by atoms with Gasteiger partial charge in [0.05, 0.1) is 12.0 Å². The summed E-state index contributed by atoms with van der Waals surface area (Å²) in [5.41, 5.74) is 0. The Morgan fingerprint density at radius 3 is 2.87 bits per heavy atom. The molecule has 0 radical (unpaired) electrons. The maximum atomic E-state index is 9.06. The molecule has 3 heteroatoms. The van der Waals surface area contributed by atoms with Crippen molar-refractivity contribution in [2.45, 2.75) is 44.7 Å². The molecule has 0 bridgehead atoms. The van der Waals surface area contributed by atoms with Crippen molar-refractivity contribution in [3.8, 4) is 6.07 Å². The smallest absolute Gasteiger partial charge is 0.0672 e. The van der Waals surface area contributed by atoms with E-state index in [1.54, 1.807) is 0 Å². The summed E-state index contributed by atoms with van der Waals surface area (Å²) in [6, 6.07) is 3.57. The van der Waals surface area contributed by atoms with Crippen molar-refractivity contribution >= 4 is 11.8 Å².